The summed E-state index contributed by atoms with van der Waals surface area (Å²) in [4.78, 5) is 17.1. The minimum Gasteiger partial charge on any atom is -0.447 e. The zero-order valence-corrected chi connectivity index (χ0v) is 12.1. The predicted molar refractivity (Wildman–Crippen MR) is 79.6 cm³/mol. The number of aliphatic hydroxyl groups excluding tert-OH is 1. The predicted octanol–water partition coefficient (Wildman–Crippen LogP) is 2.39. The quantitative estimate of drug-likeness (QED) is 0.931. The molecule has 2 aliphatic rings. The second kappa shape index (κ2) is 5.63. The first-order valence-corrected chi connectivity index (χ1v) is 7.50. The van der Waals surface area contributed by atoms with E-state index in [2.05, 4.69) is 4.99 Å². The molecule has 0 aromatic heterocycles. The van der Waals surface area contributed by atoms with Gasteiger partial charge >= 0.3 is 6.09 Å². The summed E-state index contributed by atoms with van der Waals surface area (Å²) in [6.45, 7) is 1.49. The summed E-state index contributed by atoms with van der Waals surface area (Å²) in [6, 6.07) is 7.26. The molecule has 1 fully saturated rings. The number of hydrogen-bond donors (Lipinski definition) is 1. The van der Waals surface area contributed by atoms with Crippen molar-refractivity contribution in [2.24, 2.45) is 4.99 Å². The lowest BCUT2D eigenvalue weighted by Gasteiger charge is -2.18. The maximum atomic E-state index is 11.5. The fraction of sp³-hybridized carbons (Fsp3) is 0.385. The van der Waals surface area contributed by atoms with Crippen molar-refractivity contribution in [1.29, 1.82) is 0 Å². The van der Waals surface area contributed by atoms with E-state index in [0.717, 1.165) is 11.3 Å². The molecule has 1 aromatic rings. The molecule has 2 atom stereocenters. The van der Waals surface area contributed by atoms with Gasteiger partial charge in [0.05, 0.1) is 24.4 Å². The molecule has 2 heterocycles. The molecule has 0 radical (unpaired) electrons. The van der Waals surface area contributed by atoms with Crippen molar-refractivity contribution < 1.29 is 14.6 Å². The second-order valence-electron chi connectivity index (χ2n) is 4.55. The van der Waals surface area contributed by atoms with Gasteiger partial charge in [0.25, 0.3) is 0 Å². The smallest absolute Gasteiger partial charge is 0.414 e. The standard InChI is InChI=1S/C13H13ClN2O3S/c14-12-15-7-10(20-12)11(17)8-1-3-9(4-2-8)16-5-6-19-13(16)18/h1-4,10-11,17H,5-7H2. The summed E-state index contributed by atoms with van der Waals surface area (Å²) in [5.41, 5.74) is 1.57. The molecule has 106 valence electrons. The lowest BCUT2D eigenvalue weighted by atomic mass is 10.1. The number of amides is 1. The van der Waals surface area contributed by atoms with E-state index in [0.29, 0.717) is 24.2 Å². The number of thioether (sulfide) groups is 1. The Morgan fingerprint density at radius 1 is 1.45 bits per heavy atom. The number of ether oxygens (including phenoxy) is 1. The number of cyclic esters (lactones) is 1. The molecule has 1 amide bonds. The number of carbonyl (C=O) groups is 1. The number of aliphatic hydroxyl groups is 1. The number of carbonyl (C=O) groups excluding carboxylic acids is 1. The van der Waals surface area contributed by atoms with Crippen LogP contribution in [0.3, 0.4) is 0 Å². The van der Waals surface area contributed by atoms with Crippen LogP contribution in [0.25, 0.3) is 0 Å². The number of rotatable bonds is 3. The van der Waals surface area contributed by atoms with E-state index in [9.17, 15) is 9.90 Å². The normalized spacial score (nSPS) is 23.7. The van der Waals surface area contributed by atoms with Crippen LogP contribution < -0.4 is 4.90 Å². The minimum atomic E-state index is -0.625. The van der Waals surface area contributed by atoms with Crippen LogP contribution in [-0.4, -0.2) is 40.6 Å². The van der Waals surface area contributed by atoms with E-state index in [1.807, 2.05) is 24.3 Å². The Labute approximate surface area is 125 Å². The largest absolute Gasteiger partial charge is 0.447 e. The van der Waals surface area contributed by atoms with Crippen molar-refractivity contribution in [3.8, 4) is 0 Å². The minimum absolute atomic E-state index is 0.0508. The van der Waals surface area contributed by atoms with Crippen molar-refractivity contribution in [2.75, 3.05) is 24.6 Å². The molecular formula is C13H13ClN2O3S. The summed E-state index contributed by atoms with van der Waals surface area (Å²) in [7, 11) is 0. The summed E-state index contributed by atoms with van der Waals surface area (Å²) < 4.78 is 5.39. The monoisotopic (exact) mass is 312 g/mol. The van der Waals surface area contributed by atoms with E-state index in [4.69, 9.17) is 16.3 Å². The van der Waals surface area contributed by atoms with Crippen LogP contribution in [0.2, 0.25) is 0 Å². The van der Waals surface area contributed by atoms with Crippen LogP contribution >= 0.6 is 23.4 Å². The Morgan fingerprint density at radius 2 is 2.20 bits per heavy atom. The van der Waals surface area contributed by atoms with Crippen molar-refractivity contribution in [3.63, 3.8) is 0 Å². The SMILES string of the molecule is O=C1OCCN1c1ccc(C(O)C2CN=C(Cl)S2)cc1. The van der Waals surface area contributed by atoms with Gasteiger partial charge in [-0.05, 0) is 17.7 Å². The van der Waals surface area contributed by atoms with Crippen LogP contribution in [0.1, 0.15) is 11.7 Å². The van der Waals surface area contributed by atoms with Gasteiger partial charge in [-0.1, -0.05) is 35.5 Å². The first kappa shape index (κ1) is 13.7. The van der Waals surface area contributed by atoms with Crippen LogP contribution in [0.5, 0.6) is 0 Å². The van der Waals surface area contributed by atoms with E-state index >= 15 is 0 Å². The van der Waals surface area contributed by atoms with Crippen LogP contribution in [0, 0.1) is 0 Å². The van der Waals surface area contributed by atoms with Gasteiger partial charge in [-0.25, -0.2) is 4.79 Å². The first-order chi connectivity index (χ1) is 9.65. The van der Waals surface area contributed by atoms with E-state index in [-0.39, 0.29) is 11.3 Å². The highest BCUT2D eigenvalue weighted by molar-refractivity contribution is 8.17. The molecule has 1 saturated heterocycles. The maximum Gasteiger partial charge on any atom is 0.414 e. The number of aliphatic imine (C=N–C) groups is 1. The van der Waals surface area contributed by atoms with Crippen LogP contribution in [-0.2, 0) is 4.74 Å². The number of halogens is 1. The number of anilines is 1. The molecule has 1 N–H and O–H groups in total. The molecule has 0 aliphatic carbocycles. The average Bonchev–Trinajstić information content (AvgIpc) is 3.07. The Bertz CT molecular complexity index is 549. The molecule has 0 spiro atoms. The Kier molecular flexibility index (Phi) is 3.87. The van der Waals surface area contributed by atoms with Gasteiger partial charge < -0.3 is 9.84 Å². The van der Waals surface area contributed by atoms with Gasteiger partial charge in [0.15, 0.2) is 4.50 Å². The molecular weight excluding hydrogens is 300 g/mol. The third-order valence-corrected chi connectivity index (χ3v) is 4.72. The summed E-state index contributed by atoms with van der Waals surface area (Å²) in [5, 5.41) is 10.2. The number of nitrogens with zero attached hydrogens (tertiary/aromatic N) is 2. The highest BCUT2D eigenvalue weighted by Gasteiger charge is 2.28. The lowest BCUT2D eigenvalue weighted by molar-refractivity contribution is 0.177. The topological polar surface area (TPSA) is 62.1 Å². The van der Waals surface area contributed by atoms with Gasteiger partial charge in [0, 0.05) is 5.69 Å². The molecule has 20 heavy (non-hydrogen) atoms. The van der Waals surface area contributed by atoms with Gasteiger partial charge in [0.2, 0.25) is 0 Å². The average molecular weight is 313 g/mol. The molecule has 3 rings (SSSR count). The van der Waals surface area contributed by atoms with Crippen molar-refractivity contribution in [2.45, 2.75) is 11.4 Å². The van der Waals surface area contributed by atoms with Crippen LogP contribution in [0.15, 0.2) is 29.3 Å². The summed E-state index contributed by atoms with van der Waals surface area (Å²) in [5.74, 6) is 0. The molecule has 2 aliphatic heterocycles. The third-order valence-electron chi connectivity index (χ3n) is 3.30. The van der Waals surface area contributed by atoms with Crippen molar-refractivity contribution in [1.82, 2.24) is 0 Å². The molecule has 5 nitrogen and oxygen atoms in total. The third kappa shape index (κ3) is 2.63. The Morgan fingerprint density at radius 3 is 2.75 bits per heavy atom. The highest BCUT2D eigenvalue weighted by atomic mass is 35.5. The fourth-order valence-corrected chi connectivity index (χ4v) is 3.47. The second-order valence-corrected chi connectivity index (χ2v) is 6.36. The molecule has 0 bridgehead atoms. The molecule has 2 unspecified atom stereocenters. The van der Waals surface area contributed by atoms with Crippen LogP contribution in [0.4, 0.5) is 10.5 Å². The van der Waals surface area contributed by atoms with Crippen molar-refractivity contribution in [3.05, 3.63) is 29.8 Å². The van der Waals surface area contributed by atoms with Gasteiger partial charge in [-0.3, -0.25) is 9.89 Å². The van der Waals surface area contributed by atoms with E-state index in [1.165, 1.54) is 11.8 Å². The summed E-state index contributed by atoms with van der Waals surface area (Å²) in [6.07, 6.45) is -0.954. The first-order valence-electron chi connectivity index (χ1n) is 6.24. The molecule has 1 aromatic carbocycles. The number of benzene rings is 1. The zero-order chi connectivity index (χ0) is 14.1. The fourth-order valence-electron chi connectivity index (χ4n) is 2.22. The van der Waals surface area contributed by atoms with E-state index < -0.39 is 6.10 Å². The van der Waals surface area contributed by atoms with Gasteiger partial charge in [0.1, 0.15) is 6.61 Å². The molecule has 0 saturated carbocycles. The number of hydrogen-bond acceptors (Lipinski definition) is 5. The maximum absolute atomic E-state index is 11.5. The van der Waals surface area contributed by atoms with E-state index in [1.54, 1.807) is 4.90 Å². The molecule has 7 heteroatoms. The highest BCUT2D eigenvalue weighted by Crippen LogP contribution is 2.34. The Balaban J connectivity index is 1.71. The Hall–Kier alpha value is -1.24. The van der Waals surface area contributed by atoms with Crippen molar-refractivity contribution >= 4 is 39.6 Å². The zero-order valence-electron chi connectivity index (χ0n) is 10.5. The van der Waals surface area contributed by atoms with Gasteiger partial charge in [-0.15, -0.1) is 0 Å². The summed E-state index contributed by atoms with van der Waals surface area (Å²) >= 11 is 7.19. The lowest BCUT2D eigenvalue weighted by Crippen LogP contribution is -2.23. The van der Waals surface area contributed by atoms with Gasteiger partial charge in [-0.2, -0.15) is 0 Å².